The quantitative estimate of drug-likeness (QED) is 0.787. The molecule has 0 aliphatic heterocycles. The van der Waals surface area contributed by atoms with E-state index in [2.05, 4.69) is 12.2 Å². The van der Waals surface area contributed by atoms with Gasteiger partial charge in [-0.2, -0.15) is 5.26 Å². The summed E-state index contributed by atoms with van der Waals surface area (Å²) < 4.78 is 10.6. The van der Waals surface area contributed by atoms with Crippen molar-refractivity contribution < 1.29 is 9.47 Å². The summed E-state index contributed by atoms with van der Waals surface area (Å²) in [6.45, 7) is 5.48. The molecule has 0 amide bonds. The van der Waals surface area contributed by atoms with Gasteiger partial charge in [0.05, 0.1) is 6.61 Å². The first kappa shape index (κ1) is 13.3. The molecule has 17 heavy (non-hydrogen) atoms. The van der Waals surface area contributed by atoms with Gasteiger partial charge in [0.2, 0.25) is 0 Å². The van der Waals surface area contributed by atoms with Crippen molar-refractivity contribution in [2.45, 2.75) is 19.9 Å². The van der Waals surface area contributed by atoms with Gasteiger partial charge in [0.25, 0.3) is 0 Å². The molecule has 0 aliphatic carbocycles. The molecule has 0 fully saturated rings. The molecule has 4 heteroatoms. The van der Waals surface area contributed by atoms with Gasteiger partial charge in [-0.15, -0.1) is 0 Å². The Morgan fingerprint density at radius 3 is 3.00 bits per heavy atom. The molecular weight excluding hydrogens is 216 g/mol. The third kappa shape index (κ3) is 5.23. The van der Waals surface area contributed by atoms with Crippen molar-refractivity contribution in [2.75, 3.05) is 25.1 Å². The number of hydrogen-bond donors (Lipinski definition) is 1. The number of benzene rings is 1. The number of ether oxygens (including phenoxy) is 2. The zero-order valence-corrected chi connectivity index (χ0v) is 10.3. The van der Waals surface area contributed by atoms with Crippen molar-refractivity contribution in [2.24, 2.45) is 0 Å². The van der Waals surface area contributed by atoms with Crippen LogP contribution >= 0.6 is 0 Å². The normalized spacial score (nSPS) is 11.6. The monoisotopic (exact) mass is 234 g/mol. The maximum absolute atomic E-state index is 8.43. The average Bonchev–Trinajstić information content (AvgIpc) is 2.34. The lowest BCUT2D eigenvalue weighted by Crippen LogP contribution is -2.21. The summed E-state index contributed by atoms with van der Waals surface area (Å²) in [7, 11) is 0. The highest BCUT2D eigenvalue weighted by Crippen LogP contribution is 2.17. The first-order valence-electron chi connectivity index (χ1n) is 5.70. The molecule has 1 atom stereocenters. The van der Waals surface area contributed by atoms with Gasteiger partial charge >= 0.3 is 0 Å². The van der Waals surface area contributed by atoms with Gasteiger partial charge < -0.3 is 14.8 Å². The molecule has 0 bridgehead atoms. The van der Waals surface area contributed by atoms with E-state index < -0.39 is 0 Å². The Bertz CT molecular complexity index is 374. The first-order valence-corrected chi connectivity index (χ1v) is 5.70. The standard InChI is InChI=1S/C13H18N2O2/c1-3-16-10-11(2)15-12-5-4-6-13(9-12)17-8-7-14/h4-6,9,11,15H,3,8,10H2,1-2H3. The van der Waals surface area contributed by atoms with E-state index in [1.54, 1.807) is 0 Å². The van der Waals surface area contributed by atoms with Crippen LogP contribution in [0.5, 0.6) is 5.75 Å². The SMILES string of the molecule is CCOCC(C)Nc1cccc(OCC#N)c1. The molecular formula is C13H18N2O2. The van der Waals surface area contributed by atoms with Crippen molar-refractivity contribution in [3.05, 3.63) is 24.3 Å². The number of rotatable bonds is 7. The molecule has 1 N–H and O–H groups in total. The maximum atomic E-state index is 8.43. The van der Waals surface area contributed by atoms with Crippen LogP contribution in [-0.2, 0) is 4.74 Å². The van der Waals surface area contributed by atoms with Crippen LogP contribution in [0.3, 0.4) is 0 Å². The molecule has 1 aromatic carbocycles. The summed E-state index contributed by atoms with van der Waals surface area (Å²) in [5.74, 6) is 0.695. The Kier molecular flexibility index (Phi) is 5.91. The van der Waals surface area contributed by atoms with Crippen molar-refractivity contribution in [1.29, 1.82) is 5.26 Å². The Hall–Kier alpha value is -1.73. The van der Waals surface area contributed by atoms with E-state index in [9.17, 15) is 0 Å². The molecule has 0 radical (unpaired) electrons. The van der Waals surface area contributed by atoms with Gasteiger partial charge in [0.15, 0.2) is 6.61 Å². The highest BCUT2D eigenvalue weighted by atomic mass is 16.5. The first-order chi connectivity index (χ1) is 8.26. The number of nitriles is 1. The molecule has 92 valence electrons. The molecule has 0 saturated heterocycles. The second kappa shape index (κ2) is 7.53. The number of hydrogen-bond acceptors (Lipinski definition) is 4. The minimum atomic E-state index is 0.0674. The van der Waals surface area contributed by atoms with E-state index in [0.29, 0.717) is 12.4 Å². The van der Waals surface area contributed by atoms with Crippen LogP contribution < -0.4 is 10.1 Å². The van der Waals surface area contributed by atoms with E-state index in [-0.39, 0.29) is 12.6 Å². The molecule has 4 nitrogen and oxygen atoms in total. The predicted octanol–water partition coefficient (Wildman–Crippen LogP) is 2.43. The highest BCUT2D eigenvalue weighted by molar-refractivity contribution is 5.48. The summed E-state index contributed by atoms with van der Waals surface area (Å²) in [6, 6.07) is 9.73. The molecule has 0 heterocycles. The van der Waals surface area contributed by atoms with Gasteiger partial charge in [-0.05, 0) is 26.0 Å². The van der Waals surface area contributed by atoms with E-state index in [0.717, 1.165) is 12.3 Å². The smallest absolute Gasteiger partial charge is 0.174 e. The fraction of sp³-hybridized carbons (Fsp3) is 0.462. The summed E-state index contributed by atoms with van der Waals surface area (Å²) >= 11 is 0. The van der Waals surface area contributed by atoms with Crippen LogP contribution in [0.4, 0.5) is 5.69 Å². The number of nitrogens with one attached hydrogen (secondary N) is 1. The fourth-order valence-electron chi connectivity index (χ4n) is 1.41. The lowest BCUT2D eigenvalue weighted by molar-refractivity contribution is 0.141. The lowest BCUT2D eigenvalue weighted by Gasteiger charge is -2.15. The van der Waals surface area contributed by atoms with Crippen molar-refractivity contribution in [3.8, 4) is 11.8 Å². The van der Waals surface area contributed by atoms with E-state index in [1.165, 1.54) is 0 Å². The van der Waals surface area contributed by atoms with Crippen molar-refractivity contribution >= 4 is 5.69 Å². The van der Waals surface area contributed by atoms with E-state index in [4.69, 9.17) is 14.7 Å². The van der Waals surface area contributed by atoms with Crippen molar-refractivity contribution in [1.82, 2.24) is 0 Å². The van der Waals surface area contributed by atoms with Gasteiger partial charge in [0.1, 0.15) is 11.8 Å². The summed E-state index contributed by atoms with van der Waals surface area (Å²) in [4.78, 5) is 0. The Morgan fingerprint density at radius 2 is 2.29 bits per heavy atom. The molecule has 0 saturated carbocycles. The zero-order valence-electron chi connectivity index (χ0n) is 10.3. The van der Waals surface area contributed by atoms with Gasteiger partial charge in [-0.25, -0.2) is 0 Å². The van der Waals surface area contributed by atoms with Crippen molar-refractivity contribution in [3.63, 3.8) is 0 Å². The van der Waals surface area contributed by atoms with Crippen LogP contribution in [0.25, 0.3) is 0 Å². The number of anilines is 1. The molecule has 0 aliphatic rings. The molecule has 1 unspecified atom stereocenters. The Balaban J connectivity index is 2.50. The van der Waals surface area contributed by atoms with Gasteiger partial charge in [-0.3, -0.25) is 0 Å². The van der Waals surface area contributed by atoms with Gasteiger partial charge in [0, 0.05) is 24.4 Å². The minimum Gasteiger partial charge on any atom is -0.479 e. The van der Waals surface area contributed by atoms with Gasteiger partial charge in [-0.1, -0.05) is 6.07 Å². The van der Waals surface area contributed by atoms with E-state index >= 15 is 0 Å². The lowest BCUT2D eigenvalue weighted by atomic mass is 10.2. The minimum absolute atomic E-state index is 0.0674. The summed E-state index contributed by atoms with van der Waals surface area (Å²) in [5.41, 5.74) is 0.965. The molecule has 0 aromatic heterocycles. The third-order valence-corrected chi connectivity index (χ3v) is 2.12. The summed E-state index contributed by atoms with van der Waals surface area (Å²) in [5, 5.41) is 11.7. The third-order valence-electron chi connectivity index (χ3n) is 2.12. The van der Waals surface area contributed by atoms with Crippen LogP contribution in [0.2, 0.25) is 0 Å². The highest BCUT2D eigenvalue weighted by Gasteiger charge is 2.02. The average molecular weight is 234 g/mol. The van der Waals surface area contributed by atoms with E-state index in [1.807, 2.05) is 37.3 Å². The van der Waals surface area contributed by atoms with Crippen LogP contribution in [0, 0.1) is 11.3 Å². The summed E-state index contributed by atoms with van der Waals surface area (Å²) in [6.07, 6.45) is 0. The molecule has 0 spiro atoms. The second-order valence-corrected chi connectivity index (χ2v) is 3.68. The molecule has 1 rings (SSSR count). The predicted molar refractivity (Wildman–Crippen MR) is 67.1 cm³/mol. The largest absolute Gasteiger partial charge is 0.479 e. The Labute approximate surface area is 102 Å². The zero-order chi connectivity index (χ0) is 12.5. The maximum Gasteiger partial charge on any atom is 0.174 e. The topological polar surface area (TPSA) is 54.3 Å². The van der Waals surface area contributed by atoms with Crippen LogP contribution in [0.1, 0.15) is 13.8 Å². The fourth-order valence-corrected chi connectivity index (χ4v) is 1.41. The van der Waals surface area contributed by atoms with Crippen LogP contribution in [-0.4, -0.2) is 25.9 Å². The number of nitrogens with zero attached hydrogens (tertiary/aromatic N) is 1. The second-order valence-electron chi connectivity index (χ2n) is 3.68. The molecule has 1 aromatic rings. The Morgan fingerprint density at radius 1 is 1.47 bits per heavy atom. The van der Waals surface area contributed by atoms with Crippen LogP contribution in [0.15, 0.2) is 24.3 Å².